The maximum Gasteiger partial charge on any atom is 0.293 e. The summed E-state index contributed by atoms with van der Waals surface area (Å²) in [6.07, 6.45) is 3.04. The predicted molar refractivity (Wildman–Crippen MR) is 110 cm³/mol. The van der Waals surface area contributed by atoms with E-state index in [0.29, 0.717) is 27.4 Å². The van der Waals surface area contributed by atoms with Gasteiger partial charge in [0.2, 0.25) is 0 Å². The minimum Gasteiger partial charge on any atom is -0.504 e. The molecule has 0 radical (unpaired) electrons. The standard InChI is InChI=1S/C19H16BrClN4O3/c1-28-16-4-2-3-13(18(16)26)9-22-23-19(27)17-15(20)11-25(24-17)10-12-5-7-14(21)8-6-12/h2-9,11,26H,10H2,1H3,(H,23,27)/b22-9+. The van der Waals surface area contributed by atoms with Crippen molar-refractivity contribution in [1.82, 2.24) is 15.2 Å². The molecule has 9 heteroatoms. The first-order valence-corrected chi connectivity index (χ1v) is 9.32. The Hall–Kier alpha value is -2.84. The third kappa shape index (κ3) is 4.71. The van der Waals surface area contributed by atoms with Gasteiger partial charge in [0.1, 0.15) is 0 Å². The van der Waals surface area contributed by atoms with E-state index in [0.717, 1.165) is 5.56 Å². The predicted octanol–water partition coefficient (Wildman–Crippen LogP) is 3.83. The Morgan fingerprint density at radius 3 is 2.82 bits per heavy atom. The second-order valence-corrected chi connectivity index (χ2v) is 7.04. The van der Waals surface area contributed by atoms with Crippen LogP contribution in [0.1, 0.15) is 21.6 Å². The van der Waals surface area contributed by atoms with Gasteiger partial charge in [-0.2, -0.15) is 10.2 Å². The summed E-state index contributed by atoms with van der Waals surface area (Å²) in [4.78, 5) is 12.3. The normalized spacial score (nSPS) is 11.0. The van der Waals surface area contributed by atoms with Gasteiger partial charge < -0.3 is 9.84 Å². The van der Waals surface area contributed by atoms with E-state index in [-0.39, 0.29) is 11.4 Å². The molecule has 28 heavy (non-hydrogen) atoms. The van der Waals surface area contributed by atoms with Gasteiger partial charge in [0, 0.05) is 16.8 Å². The van der Waals surface area contributed by atoms with E-state index in [1.165, 1.54) is 13.3 Å². The number of hydrogen-bond acceptors (Lipinski definition) is 5. The zero-order chi connectivity index (χ0) is 20.1. The molecule has 0 spiro atoms. The maximum atomic E-state index is 12.3. The number of methoxy groups -OCH3 is 1. The second kappa shape index (κ2) is 8.90. The van der Waals surface area contributed by atoms with E-state index < -0.39 is 5.91 Å². The van der Waals surface area contributed by atoms with Crippen molar-refractivity contribution in [3.63, 3.8) is 0 Å². The first kappa shape index (κ1) is 19.9. The highest BCUT2D eigenvalue weighted by Gasteiger charge is 2.15. The topological polar surface area (TPSA) is 88.7 Å². The highest BCUT2D eigenvalue weighted by atomic mass is 79.9. The smallest absolute Gasteiger partial charge is 0.293 e. The van der Waals surface area contributed by atoms with Gasteiger partial charge >= 0.3 is 0 Å². The van der Waals surface area contributed by atoms with Crippen molar-refractivity contribution in [2.24, 2.45) is 5.10 Å². The number of benzene rings is 2. The molecular formula is C19H16BrClN4O3. The van der Waals surface area contributed by atoms with E-state index in [9.17, 15) is 9.90 Å². The fraction of sp³-hybridized carbons (Fsp3) is 0.105. The van der Waals surface area contributed by atoms with Gasteiger partial charge in [-0.25, -0.2) is 5.43 Å². The number of aromatic nitrogens is 2. The maximum absolute atomic E-state index is 12.3. The van der Waals surface area contributed by atoms with Gasteiger partial charge in [-0.1, -0.05) is 29.8 Å². The Labute approximate surface area is 174 Å². The molecule has 2 aromatic carbocycles. The lowest BCUT2D eigenvalue weighted by Gasteiger charge is -2.04. The zero-order valence-electron chi connectivity index (χ0n) is 14.8. The monoisotopic (exact) mass is 462 g/mol. The Kier molecular flexibility index (Phi) is 6.33. The van der Waals surface area contributed by atoms with Crippen LogP contribution in [-0.4, -0.2) is 34.1 Å². The van der Waals surface area contributed by atoms with Crippen LogP contribution in [0.3, 0.4) is 0 Å². The first-order valence-electron chi connectivity index (χ1n) is 8.14. The van der Waals surface area contributed by atoms with Crippen molar-refractivity contribution in [3.8, 4) is 11.5 Å². The second-order valence-electron chi connectivity index (χ2n) is 5.75. The zero-order valence-corrected chi connectivity index (χ0v) is 17.1. The van der Waals surface area contributed by atoms with Gasteiger partial charge in [0.25, 0.3) is 5.91 Å². The lowest BCUT2D eigenvalue weighted by atomic mass is 10.2. The Balaban J connectivity index is 1.68. The van der Waals surface area contributed by atoms with Gasteiger partial charge in [-0.15, -0.1) is 0 Å². The molecule has 0 saturated heterocycles. The lowest BCUT2D eigenvalue weighted by Crippen LogP contribution is -2.19. The van der Waals surface area contributed by atoms with Gasteiger partial charge in [-0.05, 0) is 45.8 Å². The van der Waals surface area contributed by atoms with Crippen molar-refractivity contribution in [3.05, 3.63) is 75.0 Å². The molecule has 1 heterocycles. The highest BCUT2D eigenvalue weighted by Crippen LogP contribution is 2.27. The van der Waals surface area contributed by atoms with Crippen molar-refractivity contribution in [2.75, 3.05) is 7.11 Å². The average Bonchev–Trinajstić information content (AvgIpc) is 3.05. The van der Waals surface area contributed by atoms with E-state index in [1.54, 1.807) is 41.2 Å². The number of carbonyl (C=O) groups is 1. The van der Waals surface area contributed by atoms with Crippen LogP contribution in [0.4, 0.5) is 0 Å². The summed E-state index contributed by atoms with van der Waals surface area (Å²) in [6, 6.07) is 12.3. The van der Waals surface area contributed by atoms with Crippen LogP contribution in [0.25, 0.3) is 0 Å². The molecule has 0 unspecified atom stereocenters. The number of aromatic hydroxyl groups is 1. The van der Waals surface area contributed by atoms with Gasteiger partial charge in [0.15, 0.2) is 17.2 Å². The van der Waals surface area contributed by atoms with Crippen LogP contribution in [0.2, 0.25) is 5.02 Å². The van der Waals surface area contributed by atoms with E-state index >= 15 is 0 Å². The molecule has 0 fully saturated rings. The number of nitrogens with one attached hydrogen (secondary N) is 1. The molecule has 1 amide bonds. The molecule has 7 nitrogen and oxygen atoms in total. The van der Waals surface area contributed by atoms with E-state index in [4.69, 9.17) is 16.3 Å². The quantitative estimate of drug-likeness (QED) is 0.430. The molecule has 0 atom stereocenters. The largest absolute Gasteiger partial charge is 0.504 e. The number of amides is 1. The van der Waals surface area contributed by atoms with Crippen LogP contribution < -0.4 is 10.2 Å². The average molecular weight is 464 g/mol. The molecule has 144 valence electrons. The van der Waals surface area contributed by atoms with Crippen molar-refractivity contribution < 1.29 is 14.6 Å². The minimum absolute atomic E-state index is 0.0589. The molecule has 2 N–H and O–H groups in total. The number of carbonyl (C=O) groups excluding carboxylic acids is 1. The van der Waals surface area contributed by atoms with Gasteiger partial charge in [0.05, 0.1) is 24.3 Å². The van der Waals surface area contributed by atoms with E-state index in [2.05, 4.69) is 31.6 Å². The number of rotatable bonds is 6. The number of phenolic OH excluding ortho intramolecular Hbond substituents is 1. The molecule has 3 aromatic rings. The summed E-state index contributed by atoms with van der Waals surface area (Å²) in [6.45, 7) is 0.490. The molecule has 3 rings (SSSR count). The summed E-state index contributed by atoms with van der Waals surface area (Å²) in [5.41, 5.74) is 4.00. The molecule has 0 saturated carbocycles. The highest BCUT2D eigenvalue weighted by molar-refractivity contribution is 9.10. The Bertz CT molecular complexity index is 1020. The van der Waals surface area contributed by atoms with Crippen LogP contribution >= 0.6 is 27.5 Å². The van der Waals surface area contributed by atoms with Crippen LogP contribution in [-0.2, 0) is 6.54 Å². The number of nitrogens with zero attached hydrogens (tertiary/aromatic N) is 3. The SMILES string of the molecule is COc1cccc(/C=N/NC(=O)c2nn(Cc3ccc(Cl)cc3)cc2Br)c1O. The molecule has 0 aliphatic rings. The number of hydrogen-bond donors (Lipinski definition) is 2. The summed E-state index contributed by atoms with van der Waals surface area (Å²) in [7, 11) is 1.45. The fourth-order valence-electron chi connectivity index (χ4n) is 2.43. The van der Waals surface area contributed by atoms with Crippen LogP contribution in [0, 0.1) is 0 Å². The minimum atomic E-state index is -0.486. The molecule has 1 aromatic heterocycles. The molecule has 0 bridgehead atoms. The fourth-order valence-corrected chi connectivity index (χ4v) is 3.05. The number of hydrazone groups is 1. The number of phenols is 1. The van der Waals surface area contributed by atoms with Crippen molar-refractivity contribution in [1.29, 1.82) is 0 Å². The Morgan fingerprint density at radius 1 is 1.36 bits per heavy atom. The summed E-state index contributed by atoms with van der Waals surface area (Å²) >= 11 is 9.22. The summed E-state index contributed by atoms with van der Waals surface area (Å²) in [5, 5.41) is 18.8. The Morgan fingerprint density at radius 2 is 2.11 bits per heavy atom. The number of para-hydroxylation sites is 1. The third-order valence-corrected chi connectivity index (χ3v) is 4.64. The van der Waals surface area contributed by atoms with Crippen LogP contribution in [0.5, 0.6) is 11.5 Å². The molecular weight excluding hydrogens is 448 g/mol. The summed E-state index contributed by atoms with van der Waals surface area (Å²) in [5.74, 6) is -0.226. The molecule has 0 aliphatic carbocycles. The third-order valence-electron chi connectivity index (χ3n) is 3.81. The number of halogens is 2. The first-order chi connectivity index (χ1) is 13.5. The number of ether oxygens (including phenoxy) is 1. The van der Waals surface area contributed by atoms with Crippen LogP contribution in [0.15, 0.2) is 58.2 Å². The van der Waals surface area contributed by atoms with E-state index in [1.807, 2.05) is 12.1 Å². The van der Waals surface area contributed by atoms with Crippen molar-refractivity contribution in [2.45, 2.75) is 6.54 Å². The van der Waals surface area contributed by atoms with Crippen molar-refractivity contribution >= 4 is 39.7 Å². The van der Waals surface area contributed by atoms with Gasteiger partial charge in [-0.3, -0.25) is 9.48 Å². The summed E-state index contributed by atoms with van der Waals surface area (Å²) < 4.78 is 7.21. The lowest BCUT2D eigenvalue weighted by molar-refractivity contribution is 0.0948. The molecule has 0 aliphatic heterocycles.